The Morgan fingerprint density at radius 1 is 1.21 bits per heavy atom. The van der Waals surface area contributed by atoms with Crippen molar-refractivity contribution in [2.45, 2.75) is 33.2 Å². The Kier molecular flexibility index (Phi) is 4.76. The topological polar surface area (TPSA) is 78.3 Å². The van der Waals surface area contributed by atoms with Crippen LogP contribution in [0.15, 0.2) is 36.8 Å². The summed E-state index contributed by atoms with van der Waals surface area (Å²) in [4.78, 5) is 8.74. The average molecular weight is 325 g/mol. The van der Waals surface area contributed by atoms with E-state index in [1.54, 1.807) is 23.1 Å². The van der Waals surface area contributed by atoms with Gasteiger partial charge in [-0.15, -0.1) is 0 Å². The molecule has 0 aliphatic heterocycles. The number of hydrogen-bond acceptors (Lipinski definition) is 5. The van der Waals surface area contributed by atoms with Crippen molar-refractivity contribution in [2.75, 3.05) is 6.61 Å². The molecule has 3 aromatic heterocycles. The summed E-state index contributed by atoms with van der Waals surface area (Å²) in [5.41, 5.74) is 9.78. The lowest BCUT2D eigenvalue weighted by atomic mass is 10.1. The summed E-state index contributed by atoms with van der Waals surface area (Å²) in [5, 5.41) is 4.31. The first-order chi connectivity index (χ1) is 11.5. The van der Waals surface area contributed by atoms with Crippen LogP contribution in [-0.2, 0) is 0 Å². The van der Waals surface area contributed by atoms with E-state index in [9.17, 15) is 0 Å². The molecule has 0 aliphatic rings. The van der Waals surface area contributed by atoms with Crippen LogP contribution in [0.5, 0.6) is 5.88 Å². The highest BCUT2D eigenvalue weighted by Crippen LogP contribution is 2.24. The summed E-state index contributed by atoms with van der Waals surface area (Å²) in [6.45, 7) is 6.77. The van der Waals surface area contributed by atoms with Crippen molar-refractivity contribution in [1.82, 2.24) is 19.6 Å². The summed E-state index contributed by atoms with van der Waals surface area (Å²) in [7, 11) is 0. The Hall–Kier alpha value is -2.47. The molecular formula is C18H23N5O. The molecular weight excluding hydrogens is 302 g/mol. The molecule has 6 heteroatoms. The van der Waals surface area contributed by atoms with Crippen molar-refractivity contribution in [3.63, 3.8) is 0 Å². The zero-order chi connectivity index (χ0) is 17.1. The van der Waals surface area contributed by atoms with Gasteiger partial charge in [0, 0.05) is 35.6 Å². The van der Waals surface area contributed by atoms with Crippen LogP contribution >= 0.6 is 0 Å². The minimum Gasteiger partial charge on any atom is -0.476 e. The third-order valence-corrected chi connectivity index (χ3v) is 3.82. The average Bonchev–Trinajstić information content (AvgIpc) is 3.01. The Morgan fingerprint density at radius 3 is 2.79 bits per heavy atom. The second-order valence-electron chi connectivity index (χ2n) is 6.48. The van der Waals surface area contributed by atoms with Crippen LogP contribution in [0, 0.1) is 12.8 Å². The molecule has 24 heavy (non-hydrogen) atoms. The SMILES string of the molecule is Cc1cc(-c2ccnc3ccnn23)cnc1OCC(N)CC(C)C. The van der Waals surface area contributed by atoms with Crippen molar-refractivity contribution >= 4 is 5.65 Å². The van der Waals surface area contributed by atoms with Gasteiger partial charge in [-0.25, -0.2) is 14.5 Å². The molecule has 0 radical (unpaired) electrons. The van der Waals surface area contributed by atoms with Crippen molar-refractivity contribution in [2.24, 2.45) is 11.7 Å². The molecule has 6 nitrogen and oxygen atoms in total. The monoisotopic (exact) mass is 325 g/mol. The lowest BCUT2D eigenvalue weighted by Crippen LogP contribution is -2.29. The van der Waals surface area contributed by atoms with Crippen LogP contribution in [0.25, 0.3) is 16.9 Å². The smallest absolute Gasteiger partial charge is 0.216 e. The second-order valence-corrected chi connectivity index (χ2v) is 6.48. The third kappa shape index (κ3) is 3.54. The highest BCUT2D eigenvalue weighted by Gasteiger charge is 2.11. The van der Waals surface area contributed by atoms with E-state index < -0.39 is 0 Å². The zero-order valence-electron chi connectivity index (χ0n) is 14.3. The number of rotatable bonds is 6. The van der Waals surface area contributed by atoms with Gasteiger partial charge in [0.05, 0.1) is 11.9 Å². The van der Waals surface area contributed by atoms with Gasteiger partial charge >= 0.3 is 0 Å². The highest BCUT2D eigenvalue weighted by molar-refractivity contribution is 5.62. The van der Waals surface area contributed by atoms with Gasteiger partial charge in [0.15, 0.2) is 5.65 Å². The largest absolute Gasteiger partial charge is 0.476 e. The fraction of sp³-hybridized carbons (Fsp3) is 0.389. The molecule has 0 aromatic carbocycles. The molecule has 0 fully saturated rings. The maximum atomic E-state index is 6.07. The lowest BCUT2D eigenvalue weighted by molar-refractivity contribution is 0.260. The summed E-state index contributed by atoms with van der Waals surface area (Å²) in [5.74, 6) is 1.19. The van der Waals surface area contributed by atoms with Crippen molar-refractivity contribution in [3.05, 3.63) is 42.4 Å². The second kappa shape index (κ2) is 6.97. The van der Waals surface area contributed by atoms with E-state index in [0.29, 0.717) is 18.4 Å². The molecule has 0 amide bonds. The molecule has 0 saturated heterocycles. The number of aromatic nitrogens is 4. The first-order valence-electron chi connectivity index (χ1n) is 8.18. The molecule has 126 valence electrons. The standard InChI is InChI=1S/C18H23N5O/c1-12(2)8-15(19)11-24-18-13(3)9-14(10-21-18)16-4-6-20-17-5-7-22-23(16)17/h4-7,9-10,12,15H,8,11,19H2,1-3H3. The maximum absolute atomic E-state index is 6.07. The maximum Gasteiger partial charge on any atom is 0.216 e. The first-order valence-corrected chi connectivity index (χ1v) is 8.18. The van der Waals surface area contributed by atoms with Crippen molar-refractivity contribution in [1.29, 1.82) is 0 Å². The molecule has 3 rings (SSSR count). The molecule has 2 N–H and O–H groups in total. The summed E-state index contributed by atoms with van der Waals surface area (Å²) < 4.78 is 7.59. The minimum atomic E-state index is 0.0229. The Labute approximate surface area is 141 Å². The molecule has 1 unspecified atom stereocenters. The van der Waals surface area contributed by atoms with Crippen molar-refractivity contribution in [3.8, 4) is 17.1 Å². The Morgan fingerprint density at radius 2 is 2.04 bits per heavy atom. The van der Waals surface area contributed by atoms with E-state index in [1.807, 2.05) is 25.1 Å². The normalized spacial score (nSPS) is 12.7. The fourth-order valence-corrected chi connectivity index (χ4v) is 2.77. The number of aryl methyl sites for hydroxylation is 1. The Balaban J connectivity index is 1.79. The molecule has 3 heterocycles. The van der Waals surface area contributed by atoms with Gasteiger partial charge in [-0.3, -0.25) is 0 Å². The zero-order valence-corrected chi connectivity index (χ0v) is 14.3. The van der Waals surface area contributed by atoms with Crippen LogP contribution in [0.4, 0.5) is 0 Å². The molecule has 1 atom stereocenters. The molecule has 0 spiro atoms. The van der Waals surface area contributed by atoms with E-state index in [4.69, 9.17) is 10.5 Å². The Bertz CT molecular complexity index is 827. The number of nitrogens with two attached hydrogens (primary N) is 1. The van der Waals surface area contributed by atoms with E-state index in [-0.39, 0.29) is 6.04 Å². The fourth-order valence-electron chi connectivity index (χ4n) is 2.77. The number of nitrogens with zero attached hydrogens (tertiary/aromatic N) is 4. The van der Waals surface area contributed by atoms with Gasteiger partial charge in [-0.1, -0.05) is 13.8 Å². The van der Waals surface area contributed by atoms with Crippen LogP contribution in [0.3, 0.4) is 0 Å². The summed E-state index contributed by atoms with van der Waals surface area (Å²) >= 11 is 0. The molecule has 3 aromatic rings. The summed E-state index contributed by atoms with van der Waals surface area (Å²) in [6, 6.07) is 5.87. The molecule has 0 bridgehead atoms. The van der Waals surface area contributed by atoms with E-state index in [0.717, 1.165) is 28.9 Å². The quantitative estimate of drug-likeness (QED) is 0.754. The number of pyridine rings is 1. The lowest BCUT2D eigenvalue weighted by Gasteiger charge is -2.16. The van der Waals surface area contributed by atoms with E-state index >= 15 is 0 Å². The number of fused-ring (bicyclic) bond motifs is 1. The van der Waals surface area contributed by atoms with Crippen molar-refractivity contribution < 1.29 is 4.74 Å². The third-order valence-electron chi connectivity index (χ3n) is 3.82. The predicted octanol–water partition coefficient (Wildman–Crippen LogP) is 2.85. The van der Waals surface area contributed by atoms with Gasteiger partial charge in [0.1, 0.15) is 6.61 Å². The van der Waals surface area contributed by atoms with E-state index in [2.05, 4.69) is 28.9 Å². The molecule has 0 saturated carbocycles. The van der Waals surface area contributed by atoms with Gasteiger partial charge in [0.25, 0.3) is 0 Å². The van der Waals surface area contributed by atoms with Gasteiger partial charge in [-0.05, 0) is 31.4 Å². The van der Waals surface area contributed by atoms with Crippen LogP contribution in [0.1, 0.15) is 25.8 Å². The van der Waals surface area contributed by atoms with Gasteiger partial charge in [-0.2, -0.15) is 5.10 Å². The predicted molar refractivity (Wildman–Crippen MR) is 93.9 cm³/mol. The number of ether oxygens (including phenoxy) is 1. The highest BCUT2D eigenvalue weighted by atomic mass is 16.5. The van der Waals surface area contributed by atoms with Crippen LogP contribution in [-0.4, -0.2) is 32.2 Å². The minimum absolute atomic E-state index is 0.0229. The molecule has 0 aliphatic carbocycles. The van der Waals surface area contributed by atoms with Gasteiger partial charge < -0.3 is 10.5 Å². The first kappa shape index (κ1) is 16.4. The van der Waals surface area contributed by atoms with E-state index in [1.165, 1.54) is 0 Å². The van der Waals surface area contributed by atoms with Gasteiger partial charge in [0.2, 0.25) is 5.88 Å². The van der Waals surface area contributed by atoms with Crippen LogP contribution in [0.2, 0.25) is 0 Å². The summed E-state index contributed by atoms with van der Waals surface area (Å²) in [6.07, 6.45) is 6.24. The number of hydrogen-bond donors (Lipinski definition) is 1. The van der Waals surface area contributed by atoms with Crippen LogP contribution < -0.4 is 10.5 Å².